The van der Waals surface area contributed by atoms with Crippen LogP contribution < -0.4 is 10.5 Å². The van der Waals surface area contributed by atoms with Gasteiger partial charge in [-0.05, 0) is 18.6 Å². The summed E-state index contributed by atoms with van der Waals surface area (Å²) in [6.45, 7) is 0.257. The van der Waals surface area contributed by atoms with Crippen LogP contribution in [-0.2, 0) is 0 Å². The summed E-state index contributed by atoms with van der Waals surface area (Å²) in [5.74, 6) is -0.358. The van der Waals surface area contributed by atoms with Crippen LogP contribution in [0, 0.1) is 0 Å². The van der Waals surface area contributed by atoms with E-state index >= 15 is 0 Å². The molecule has 0 saturated heterocycles. The van der Waals surface area contributed by atoms with Gasteiger partial charge in [0.05, 0.1) is 6.61 Å². The molecule has 3 rings (SSSR count). The van der Waals surface area contributed by atoms with Crippen molar-refractivity contribution < 1.29 is 19.7 Å². The molecule has 130 valence electrons. The molecule has 25 heavy (non-hydrogen) atoms. The van der Waals surface area contributed by atoms with E-state index in [1.165, 1.54) is 36.3 Å². The third-order valence-corrected chi connectivity index (χ3v) is 4.25. The van der Waals surface area contributed by atoms with E-state index in [-0.39, 0.29) is 23.7 Å². The van der Waals surface area contributed by atoms with Gasteiger partial charge in [-0.1, -0.05) is 17.8 Å². The Morgan fingerprint density at radius 1 is 1.36 bits per heavy atom. The SMILES string of the molecule is Nc1ncnc2nc(SCCCOc3c(O)cccc3C(=O)O)[nH]c12. The van der Waals surface area contributed by atoms with E-state index in [9.17, 15) is 9.90 Å². The van der Waals surface area contributed by atoms with E-state index in [4.69, 9.17) is 15.6 Å². The zero-order valence-corrected chi connectivity index (χ0v) is 13.8. The molecule has 0 aliphatic heterocycles. The van der Waals surface area contributed by atoms with Gasteiger partial charge in [-0.15, -0.1) is 0 Å². The van der Waals surface area contributed by atoms with E-state index in [0.29, 0.717) is 34.3 Å². The number of carboxylic acid groups (broad SMARTS) is 1. The quantitative estimate of drug-likeness (QED) is 0.366. The minimum Gasteiger partial charge on any atom is -0.504 e. The first-order valence-electron chi connectivity index (χ1n) is 7.33. The van der Waals surface area contributed by atoms with Gasteiger partial charge in [-0.25, -0.2) is 19.7 Å². The van der Waals surface area contributed by atoms with Crippen LogP contribution in [0.1, 0.15) is 16.8 Å². The molecule has 0 aliphatic carbocycles. The van der Waals surface area contributed by atoms with Gasteiger partial charge in [-0.3, -0.25) is 0 Å². The number of carbonyl (C=O) groups is 1. The third-order valence-electron chi connectivity index (χ3n) is 3.29. The maximum absolute atomic E-state index is 11.1. The fraction of sp³-hybridized carbons (Fsp3) is 0.200. The molecule has 0 amide bonds. The van der Waals surface area contributed by atoms with Crippen LogP contribution in [0.4, 0.5) is 5.82 Å². The Kier molecular flexibility index (Phi) is 4.89. The van der Waals surface area contributed by atoms with Crippen molar-refractivity contribution >= 4 is 34.7 Å². The molecule has 0 radical (unpaired) electrons. The molecule has 0 fully saturated rings. The fourth-order valence-corrected chi connectivity index (χ4v) is 2.92. The molecule has 0 atom stereocenters. The number of para-hydroxylation sites is 1. The number of nitrogens with two attached hydrogens (primary N) is 1. The van der Waals surface area contributed by atoms with Crippen LogP contribution in [0.5, 0.6) is 11.5 Å². The Morgan fingerprint density at radius 3 is 2.96 bits per heavy atom. The zero-order valence-electron chi connectivity index (χ0n) is 13.0. The summed E-state index contributed by atoms with van der Waals surface area (Å²) >= 11 is 1.46. The van der Waals surface area contributed by atoms with Crippen molar-refractivity contribution in [3.8, 4) is 11.5 Å². The third kappa shape index (κ3) is 3.74. The topological polar surface area (TPSA) is 147 Å². The Labute approximate surface area is 146 Å². The molecular formula is C15H15N5O4S. The lowest BCUT2D eigenvalue weighted by Crippen LogP contribution is -2.05. The Bertz CT molecular complexity index is 914. The maximum atomic E-state index is 11.1. The predicted molar refractivity (Wildman–Crippen MR) is 92.0 cm³/mol. The minimum atomic E-state index is -1.15. The number of thioether (sulfide) groups is 1. The van der Waals surface area contributed by atoms with Crippen molar-refractivity contribution in [2.75, 3.05) is 18.1 Å². The van der Waals surface area contributed by atoms with Crippen molar-refractivity contribution in [1.29, 1.82) is 0 Å². The lowest BCUT2D eigenvalue weighted by atomic mass is 10.2. The standard InChI is InChI=1S/C15H15N5O4S/c16-12-10-13(18-7-17-12)20-15(19-10)25-6-2-5-24-11-8(14(22)23)3-1-4-9(11)21/h1,3-4,7,21H,2,5-6H2,(H,22,23)(H3,16,17,18,19,20). The number of fused-ring (bicyclic) bond motifs is 1. The summed E-state index contributed by atoms with van der Waals surface area (Å²) in [7, 11) is 0. The van der Waals surface area contributed by atoms with Gasteiger partial charge >= 0.3 is 5.97 Å². The monoisotopic (exact) mass is 361 g/mol. The van der Waals surface area contributed by atoms with Crippen LogP contribution in [-0.4, -0.2) is 48.5 Å². The molecule has 0 saturated carbocycles. The van der Waals surface area contributed by atoms with Crippen molar-refractivity contribution in [3.05, 3.63) is 30.1 Å². The molecule has 0 spiro atoms. The van der Waals surface area contributed by atoms with Crippen LogP contribution >= 0.6 is 11.8 Å². The predicted octanol–water partition coefficient (Wildman–Crippen LogP) is 1.90. The van der Waals surface area contributed by atoms with Crippen LogP contribution in [0.15, 0.2) is 29.7 Å². The van der Waals surface area contributed by atoms with E-state index in [1.54, 1.807) is 0 Å². The summed E-state index contributed by atoms with van der Waals surface area (Å²) in [6.07, 6.45) is 1.98. The number of aromatic hydroxyl groups is 1. The molecule has 0 unspecified atom stereocenters. The largest absolute Gasteiger partial charge is 0.504 e. The van der Waals surface area contributed by atoms with Gasteiger partial charge in [-0.2, -0.15) is 0 Å². The van der Waals surface area contributed by atoms with Gasteiger partial charge in [0.2, 0.25) is 0 Å². The number of phenolic OH excluding ortho intramolecular Hbond substituents is 1. The highest BCUT2D eigenvalue weighted by atomic mass is 32.2. The average molecular weight is 361 g/mol. The number of benzene rings is 1. The van der Waals surface area contributed by atoms with Gasteiger partial charge in [0.25, 0.3) is 0 Å². The van der Waals surface area contributed by atoms with Crippen molar-refractivity contribution in [2.45, 2.75) is 11.6 Å². The molecule has 9 nitrogen and oxygen atoms in total. The number of anilines is 1. The maximum Gasteiger partial charge on any atom is 0.339 e. The highest BCUT2D eigenvalue weighted by Gasteiger charge is 2.15. The van der Waals surface area contributed by atoms with Crippen molar-refractivity contribution in [2.24, 2.45) is 0 Å². The minimum absolute atomic E-state index is 0.0215. The first kappa shape index (κ1) is 16.8. The van der Waals surface area contributed by atoms with Crippen molar-refractivity contribution in [3.63, 3.8) is 0 Å². The smallest absolute Gasteiger partial charge is 0.339 e. The number of hydrogen-bond acceptors (Lipinski definition) is 8. The first-order valence-corrected chi connectivity index (χ1v) is 8.32. The highest BCUT2D eigenvalue weighted by molar-refractivity contribution is 7.99. The lowest BCUT2D eigenvalue weighted by molar-refractivity contribution is 0.0691. The molecule has 2 heterocycles. The number of ether oxygens (including phenoxy) is 1. The fourth-order valence-electron chi connectivity index (χ4n) is 2.14. The molecule has 5 N–H and O–H groups in total. The Hall–Kier alpha value is -3.01. The van der Waals surface area contributed by atoms with Crippen LogP contribution in [0.25, 0.3) is 11.2 Å². The Balaban J connectivity index is 1.54. The van der Waals surface area contributed by atoms with E-state index in [1.807, 2.05) is 0 Å². The van der Waals surface area contributed by atoms with Gasteiger partial charge in [0.1, 0.15) is 17.4 Å². The lowest BCUT2D eigenvalue weighted by Gasteiger charge is -2.10. The number of aromatic carboxylic acids is 1. The first-order chi connectivity index (χ1) is 12.1. The molecule has 10 heteroatoms. The number of hydrogen-bond donors (Lipinski definition) is 4. The summed E-state index contributed by atoms with van der Waals surface area (Å²) in [5, 5.41) is 19.5. The summed E-state index contributed by atoms with van der Waals surface area (Å²) in [4.78, 5) is 26.4. The number of H-pyrrole nitrogens is 1. The average Bonchev–Trinajstić information content (AvgIpc) is 3.00. The number of nitrogens with one attached hydrogen (secondary N) is 1. The van der Waals surface area contributed by atoms with E-state index < -0.39 is 5.97 Å². The molecular weight excluding hydrogens is 346 g/mol. The number of carboxylic acids is 1. The number of aromatic amines is 1. The normalized spacial score (nSPS) is 10.9. The molecule has 2 aromatic heterocycles. The van der Waals surface area contributed by atoms with Crippen LogP contribution in [0.3, 0.4) is 0 Å². The van der Waals surface area contributed by atoms with E-state index in [2.05, 4.69) is 19.9 Å². The molecule has 1 aromatic carbocycles. The number of rotatable bonds is 7. The number of nitrogen functional groups attached to an aromatic ring is 1. The highest BCUT2D eigenvalue weighted by Crippen LogP contribution is 2.30. The van der Waals surface area contributed by atoms with Gasteiger partial charge < -0.3 is 25.7 Å². The van der Waals surface area contributed by atoms with Crippen molar-refractivity contribution in [1.82, 2.24) is 19.9 Å². The van der Waals surface area contributed by atoms with E-state index in [0.717, 1.165) is 0 Å². The summed E-state index contributed by atoms with van der Waals surface area (Å²) in [6, 6.07) is 4.22. The van der Waals surface area contributed by atoms with Gasteiger partial charge in [0.15, 0.2) is 28.1 Å². The number of nitrogens with zero attached hydrogens (tertiary/aromatic N) is 3. The molecule has 0 bridgehead atoms. The number of imidazole rings is 1. The summed E-state index contributed by atoms with van der Waals surface area (Å²) in [5.41, 5.74) is 6.77. The zero-order chi connectivity index (χ0) is 17.8. The second-order valence-electron chi connectivity index (χ2n) is 5.01. The summed E-state index contributed by atoms with van der Waals surface area (Å²) < 4.78 is 5.43. The number of aromatic nitrogens is 4. The molecule has 0 aliphatic rings. The number of phenols is 1. The van der Waals surface area contributed by atoms with Gasteiger partial charge in [0, 0.05) is 5.75 Å². The molecule has 3 aromatic rings. The Morgan fingerprint density at radius 2 is 2.20 bits per heavy atom. The second kappa shape index (κ2) is 7.26. The second-order valence-corrected chi connectivity index (χ2v) is 6.09. The van der Waals surface area contributed by atoms with Crippen LogP contribution in [0.2, 0.25) is 0 Å².